The first kappa shape index (κ1) is 20.6. The molecule has 2 fully saturated rings. The molecule has 1 saturated heterocycles. The van der Waals surface area contributed by atoms with E-state index in [0.717, 1.165) is 6.42 Å². The Balaban J connectivity index is 1.59. The van der Waals surface area contributed by atoms with Gasteiger partial charge >= 0.3 is 0 Å². The van der Waals surface area contributed by atoms with Crippen LogP contribution >= 0.6 is 0 Å². The molecule has 1 N–H and O–H groups in total. The molecule has 2 aromatic carbocycles. The maximum atomic E-state index is 13.1. The molecule has 1 aliphatic carbocycles. The summed E-state index contributed by atoms with van der Waals surface area (Å²) in [5.41, 5.74) is 4.38. The third kappa shape index (κ3) is 3.88. The van der Waals surface area contributed by atoms with Crippen LogP contribution in [0.25, 0.3) is 11.1 Å². The van der Waals surface area contributed by atoms with E-state index in [2.05, 4.69) is 67.7 Å². The molecule has 2 amide bonds. The third-order valence-corrected chi connectivity index (χ3v) is 7.15. The van der Waals surface area contributed by atoms with E-state index in [-0.39, 0.29) is 17.7 Å². The molecule has 4 rings (SSSR count). The van der Waals surface area contributed by atoms with Crippen LogP contribution in [0.3, 0.4) is 0 Å². The van der Waals surface area contributed by atoms with Crippen LogP contribution < -0.4 is 5.32 Å². The number of piperidine rings is 1. The number of nitrogens with one attached hydrogen (secondary N) is 1. The van der Waals surface area contributed by atoms with Gasteiger partial charge in [-0.1, -0.05) is 55.5 Å². The van der Waals surface area contributed by atoms with Crippen LogP contribution in [0.5, 0.6) is 0 Å². The summed E-state index contributed by atoms with van der Waals surface area (Å²) in [5, 5.41) is 2.91. The Labute approximate surface area is 179 Å². The Bertz CT molecular complexity index is 944. The molecule has 2 aliphatic rings. The number of hydrogen-bond donors (Lipinski definition) is 1. The maximum Gasteiger partial charge on any atom is 0.226 e. The van der Waals surface area contributed by atoms with Crippen LogP contribution in [-0.2, 0) is 16.0 Å². The van der Waals surface area contributed by atoms with Gasteiger partial charge in [-0.05, 0) is 60.8 Å². The summed E-state index contributed by atoms with van der Waals surface area (Å²) in [4.78, 5) is 27.7. The van der Waals surface area contributed by atoms with Crippen molar-refractivity contribution >= 4 is 11.8 Å². The molecule has 0 radical (unpaired) electrons. The summed E-state index contributed by atoms with van der Waals surface area (Å²) in [6.07, 6.45) is 3.13. The third-order valence-electron chi connectivity index (χ3n) is 7.15. The van der Waals surface area contributed by atoms with Crippen molar-refractivity contribution in [3.05, 3.63) is 59.7 Å². The summed E-state index contributed by atoms with van der Waals surface area (Å²) in [6.45, 7) is 5.61. The molecule has 2 aromatic rings. The SMILES string of the molecule is CNC(=O)C1(Cc2ccccc2-c2ccccc2C)CCN(C(=O)[C@@H]2C[C@H]2C)CC1. The van der Waals surface area contributed by atoms with E-state index in [1.54, 1.807) is 7.05 Å². The molecule has 1 aliphatic heterocycles. The monoisotopic (exact) mass is 404 g/mol. The fraction of sp³-hybridized carbons (Fsp3) is 0.462. The van der Waals surface area contributed by atoms with E-state index in [1.807, 2.05) is 4.90 Å². The molecule has 0 unspecified atom stereocenters. The number of carbonyl (C=O) groups is 2. The minimum absolute atomic E-state index is 0.0916. The zero-order valence-electron chi connectivity index (χ0n) is 18.3. The van der Waals surface area contributed by atoms with Crippen molar-refractivity contribution in [2.75, 3.05) is 20.1 Å². The van der Waals surface area contributed by atoms with Gasteiger partial charge in [0, 0.05) is 26.1 Å². The lowest BCUT2D eigenvalue weighted by Crippen LogP contribution is -2.51. The van der Waals surface area contributed by atoms with Gasteiger partial charge in [0.15, 0.2) is 0 Å². The van der Waals surface area contributed by atoms with Gasteiger partial charge in [0.25, 0.3) is 0 Å². The van der Waals surface area contributed by atoms with Crippen molar-refractivity contribution < 1.29 is 9.59 Å². The van der Waals surface area contributed by atoms with Crippen LogP contribution in [-0.4, -0.2) is 36.9 Å². The Hall–Kier alpha value is -2.62. The Morgan fingerprint density at radius 1 is 1.03 bits per heavy atom. The van der Waals surface area contributed by atoms with Crippen LogP contribution in [0.15, 0.2) is 48.5 Å². The number of hydrogen-bond acceptors (Lipinski definition) is 2. The van der Waals surface area contributed by atoms with Crippen molar-refractivity contribution in [2.24, 2.45) is 17.3 Å². The van der Waals surface area contributed by atoms with Gasteiger partial charge in [-0.3, -0.25) is 9.59 Å². The van der Waals surface area contributed by atoms with Gasteiger partial charge in [-0.2, -0.15) is 0 Å². The fourth-order valence-corrected chi connectivity index (χ4v) is 4.98. The average molecular weight is 405 g/mol. The first-order valence-electron chi connectivity index (χ1n) is 11.1. The van der Waals surface area contributed by atoms with Gasteiger partial charge in [0.1, 0.15) is 0 Å². The van der Waals surface area contributed by atoms with E-state index < -0.39 is 5.41 Å². The van der Waals surface area contributed by atoms with Gasteiger partial charge < -0.3 is 10.2 Å². The number of carbonyl (C=O) groups excluding carboxylic acids is 2. The topological polar surface area (TPSA) is 49.4 Å². The smallest absolute Gasteiger partial charge is 0.226 e. The minimum Gasteiger partial charge on any atom is -0.359 e. The second-order valence-corrected chi connectivity index (χ2v) is 9.15. The standard InChI is InChI=1S/C26H32N2O2/c1-18-8-4-6-10-21(18)22-11-7-5-9-20(22)17-26(25(30)27-3)12-14-28(15-13-26)24(29)23-16-19(23)2/h4-11,19,23H,12-17H2,1-3H3,(H,27,30)/t19-,23-/m1/s1. The second-order valence-electron chi connectivity index (χ2n) is 9.15. The average Bonchev–Trinajstić information content (AvgIpc) is 3.50. The first-order chi connectivity index (χ1) is 14.4. The Morgan fingerprint density at radius 2 is 1.63 bits per heavy atom. The number of amides is 2. The number of benzene rings is 2. The van der Waals surface area contributed by atoms with Crippen molar-refractivity contribution in [1.82, 2.24) is 10.2 Å². The van der Waals surface area contributed by atoms with Crippen molar-refractivity contribution in [2.45, 2.75) is 39.5 Å². The summed E-state index contributed by atoms with van der Waals surface area (Å²) >= 11 is 0. The number of rotatable bonds is 5. The zero-order valence-corrected chi connectivity index (χ0v) is 18.3. The summed E-state index contributed by atoms with van der Waals surface area (Å²) < 4.78 is 0. The molecule has 0 aromatic heterocycles. The Morgan fingerprint density at radius 3 is 2.23 bits per heavy atom. The molecule has 0 spiro atoms. The van der Waals surface area contributed by atoms with Gasteiger partial charge in [0.05, 0.1) is 5.41 Å². The normalized spacial score (nSPS) is 22.4. The van der Waals surface area contributed by atoms with Crippen LogP contribution in [0.2, 0.25) is 0 Å². The summed E-state index contributed by atoms with van der Waals surface area (Å²) in [7, 11) is 1.72. The molecule has 2 atom stereocenters. The zero-order chi connectivity index (χ0) is 21.3. The molecule has 158 valence electrons. The minimum atomic E-state index is -0.473. The maximum absolute atomic E-state index is 13.1. The van der Waals surface area contributed by atoms with Crippen LogP contribution in [0.1, 0.15) is 37.3 Å². The van der Waals surface area contributed by atoms with Crippen LogP contribution in [0.4, 0.5) is 0 Å². The summed E-state index contributed by atoms with van der Waals surface area (Å²) in [6, 6.07) is 16.8. The second kappa shape index (κ2) is 8.25. The van der Waals surface area contributed by atoms with E-state index in [9.17, 15) is 9.59 Å². The van der Waals surface area contributed by atoms with Crippen molar-refractivity contribution in [3.63, 3.8) is 0 Å². The lowest BCUT2D eigenvalue weighted by Gasteiger charge is -2.41. The van der Waals surface area contributed by atoms with Gasteiger partial charge in [-0.25, -0.2) is 0 Å². The van der Waals surface area contributed by atoms with Crippen molar-refractivity contribution in [1.29, 1.82) is 0 Å². The lowest BCUT2D eigenvalue weighted by molar-refractivity contribution is -0.141. The lowest BCUT2D eigenvalue weighted by atomic mass is 9.71. The highest BCUT2D eigenvalue weighted by Crippen LogP contribution is 2.42. The highest BCUT2D eigenvalue weighted by Gasteiger charge is 2.46. The van der Waals surface area contributed by atoms with Crippen molar-refractivity contribution in [3.8, 4) is 11.1 Å². The van der Waals surface area contributed by atoms with E-state index in [0.29, 0.717) is 38.3 Å². The predicted octanol–water partition coefficient (Wildman–Crippen LogP) is 4.22. The molecule has 1 heterocycles. The molecule has 0 bridgehead atoms. The Kier molecular flexibility index (Phi) is 5.68. The number of likely N-dealkylation sites (tertiary alicyclic amines) is 1. The molecule has 4 heteroatoms. The highest BCUT2D eigenvalue weighted by molar-refractivity contribution is 5.85. The molecule has 4 nitrogen and oxygen atoms in total. The van der Waals surface area contributed by atoms with Gasteiger partial charge in [0.2, 0.25) is 11.8 Å². The van der Waals surface area contributed by atoms with E-state index in [4.69, 9.17) is 0 Å². The number of aryl methyl sites for hydroxylation is 1. The molecular formula is C26H32N2O2. The quantitative estimate of drug-likeness (QED) is 0.811. The predicted molar refractivity (Wildman–Crippen MR) is 120 cm³/mol. The van der Waals surface area contributed by atoms with E-state index >= 15 is 0 Å². The summed E-state index contributed by atoms with van der Waals surface area (Å²) in [5.74, 6) is 1.10. The molecular weight excluding hydrogens is 372 g/mol. The number of nitrogens with zero attached hydrogens (tertiary/aromatic N) is 1. The van der Waals surface area contributed by atoms with Crippen LogP contribution in [0, 0.1) is 24.2 Å². The fourth-order valence-electron chi connectivity index (χ4n) is 4.98. The highest BCUT2D eigenvalue weighted by atomic mass is 16.2. The molecule has 1 saturated carbocycles. The van der Waals surface area contributed by atoms with Gasteiger partial charge in [-0.15, -0.1) is 0 Å². The largest absolute Gasteiger partial charge is 0.359 e. The van der Waals surface area contributed by atoms with E-state index in [1.165, 1.54) is 22.3 Å². The first-order valence-corrected chi connectivity index (χ1v) is 11.1. The molecule has 30 heavy (non-hydrogen) atoms.